The van der Waals surface area contributed by atoms with Gasteiger partial charge in [-0.2, -0.15) is 0 Å². The molecule has 0 aliphatic heterocycles. The molecule has 1 aromatic heterocycles. The van der Waals surface area contributed by atoms with Crippen molar-refractivity contribution in [3.63, 3.8) is 0 Å². The van der Waals surface area contributed by atoms with Gasteiger partial charge in [-0.1, -0.05) is 41.9 Å². The van der Waals surface area contributed by atoms with Gasteiger partial charge in [0.25, 0.3) is 0 Å². The van der Waals surface area contributed by atoms with Crippen LogP contribution in [0.4, 0.5) is 0 Å². The molecule has 1 N–H and O–H groups in total. The lowest BCUT2D eigenvalue weighted by molar-refractivity contribution is 0.106. The number of hydrogen-bond acceptors (Lipinski definition) is 4. The van der Waals surface area contributed by atoms with Crippen molar-refractivity contribution < 1.29 is 9.63 Å². The highest BCUT2D eigenvalue weighted by atomic mass is 16.5. The lowest BCUT2D eigenvalue weighted by Gasteiger charge is -2.22. The molecule has 0 spiro atoms. The number of likely N-dealkylation sites (N-methyl/N-ethyl adjacent to an activating group) is 1. The molecule has 0 aliphatic rings. The summed E-state index contributed by atoms with van der Waals surface area (Å²) < 4.78 is 5.10. The van der Waals surface area contributed by atoms with Gasteiger partial charge in [-0.25, -0.2) is 0 Å². The van der Waals surface area contributed by atoms with Crippen molar-refractivity contribution in [2.24, 2.45) is 0 Å². The minimum atomic E-state index is -0.483. The van der Waals surface area contributed by atoms with Crippen molar-refractivity contribution in [2.45, 2.75) is 26.5 Å². The van der Waals surface area contributed by atoms with Crippen LogP contribution < -0.4 is 0 Å². The summed E-state index contributed by atoms with van der Waals surface area (Å²) in [7, 11) is 0. The Labute approximate surface area is 113 Å². The van der Waals surface area contributed by atoms with E-state index in [0.717, 1.165) is 17.9 Å². The summed E-state index contributed by atoms with van der Waals surface area (Å²) >= 11 is 0. The zero-order valence-electron chi connectivity index (χ0n) is 11.4. The molecule has 102 valence electrons. The predicted molar refractivity (Wildman–Crippen MR) is 73.6 cm³/mol. The molecule has 1 heterocycles. The van der Waals surface area contributed by atoms with Crippen molar-refractivity contribution in [1.29, 1.82) is 0 Å². The summed E-state index contributed by atoms with van der Waals surface area (Å²) in [4.78, 5) is 2.13. The van der Waals surface area contributed by atoms with E-state index in [1.165, 1.54) is 5.56 Å². The van der Waals surface area contributed by atoms with Crippen molar-refractivity contribution >= 4 is 0 Å². The van der Waals surface area contributed by atoms with Gasteiger partial charge in [-0.15, -0.1) is 0 Å². The molecule has 1 atom stereocenters. The van der Waals surface area contributed by atoms with Gasteiger partial charge < -0.3 is 9.63 Å². The monoisotopic (exact) mass is 260 g/mol. The lowest BCUT2D eigenvalue weighted by Crippen LogP contribution is -2.28. The molecule has 0 saturated heterocycles. The fourth-order valence-corrected chi connectivity index (χ4v) is 1.99. The average molecular weight is 260 g/mol. The van der Waals surface area contributed by atoms with Crippen LogP contribution >= 0.6 is 0 Å². The standard InChI is InChI=1S/C15H20N2O2/c1-3-17(10-14-8-9-16-19-14)11-15(18)13-6-4-12(2)5-7-13/h4-9,15,18H,3,10-11H2,1-2H3. The highest BCUT2D eigenvalue weighted by molar-refractivity contribution is 5.23. The molecule has 0 saturated carbocycles. The lowest BCUT2D eigenvalue weighted by atomic mass is 10.1. The third kappa shape index (κ3) is 3.91. The van der Waals surface area contributed by atoms with E-state index in [4.69, 9.17) is 4.52 Å². The Morgan fingerprint density at radius 3 is 2.58 bits per heavy atom. The minimum Gasteiger partial charge on any atom is -0.387 e. The number of rotatable bonds is 6. The first-order valence-corrected chi connectivity index (χ1v) is 6.55. The van der Waals surface area contributed by atoms with Gasteiger partial charge in [-0.05, 0) is 19.0 Å². The first-order valence-electron chi connectivity index (χ1n) is 6.55. The molecular formula is C15H20N2O2. The highest BCUT2D eigenvalue weighted by Gasteiger charge is 2.13. The molecule has 1 aromatic carbocycles. The quantitative estimate of drug-likeness (QED) is 0.867. The van der Waals surface area contributed by atoms with Crippen molar-refractivity contribution in [3.8, 4) is 0 Å². The number of aliphatic hydroxyl groups excluding tert-OH is 1. The molecule has 4 heteroatoms. The van der Waals surface area contributed by atoms with Crippen LogP contribution in [0.2, 0.25) is 0 Å². The van der Waals surface area contributed by atoms with E-state index in [-0.39, 0.29) is 0 Å². The van der Waals surface area contributed by atoms with E-state index in [9.17, 15) is 5.11 Å². The largest absolute Gasteiger partial charge is 0.387 e. The van der Waals surface area contributed by atoms with E-state index in [1.54, 1.807) is 6.20 Å². The second kappa shape index (κ2) is 6.50. The summed E-state index contributed by atoms with van der Waals surface area (Å²) in [6.07, 6.45) is 1.16. The van der Waals surface area contributed by atoms with E-state index in [2.05, 4.69) is 17.0 Å². The van der Waals surface area contributed by atoms with Gasteiger partial charge in [0.15, 0.2) is 5.76 Å². The molecule has 0 radical (unpaired) electrons. The maximum atomic E-state index is 10.3. The summed E-state index contributed by atoms with van der Waals surface area (Å²) in [5, 5.41) is 13.9. The smallest absolute Gasteiger partial charge is 0.150 e. The topological polar surface area (TPSA) is 49.5 Å². The molecule has 4 nitrogen and oxygen atoms in total. The van der Waals surface area contributed by atoms with E-state index in [1.807, 2.05) is 37.3 Å². The minimum absolute atomic E-state index is 0.483. The summed E-state index contributed by atoms with van der Waals surface area (Å²) in [5.41, 5.74) is 2.14. The molecule has 19 heavy (non-hydrogen) atoms. The number of aliphatic hydroxyl groups is 1. The number of hydrogen-bond donors (Lipinski definition) is 1. The molecule has 0 fully saturated rings. The number of nitrogens with zero attached hydrogens (tertiary/aromatic N) is 2. The fraction of sp³-hybridized carbons (Fsp3) is 0.400. The third-order valence-electron chi connectivity index (χ3n) is 3.21. The Morgan fingerprint density at radius 1 is 1.26 bits per heavy atom. The van der Waals surface area contributed by atoms with Crippen LogP contribution in [0.5, 0.6) is 0 Å². The van der Waals surface area contributed by atoms with Crippen LogP contribution in [-0.2, 0) is 6.54 Å². The second-order valence-corrected chi connectivity index (χ2v) is 4.73. The van der Waals surface area contributed by atoms with E-state index >= 15 is 0 Å². The second-order valence-electron chi connectivity index (χ2n) is 4.73. The van der Waals surface area contributed by atoms with Crippen LogP contribution in [0.15, 0.2) is 41.1 Å². The first kappa shape index (κ1) is 13.8. The van der Waals surface area contributed by atoms with Crippen molar-refractivity contribution in [2.75, 3.05) is 13.1 Å². The van der Waals surface area contributed by atoms with E-state index in [0.29, 0.717) is 13.1 Å². The average Bonchev–Trinajstić information content (AvgIpc) is 2.91. The number of benzene rings is 1. The molecular weight excluding hydrogens is 240 g/mol. The van der Waals surface area contributed by atoms with Gasteiger partial charge in [-0.3, -0.25) is 4.90 Å². The third-order valence-corrected chi connectivity index (χ3v) is 3.21. The highest BCUT2D eigenvalue weighted by Crippen LogP contribution is 2.16. The zero-order chi connectivity index (χ0) is 13.7. The Hall–Kier alpha value is -1.65. The van der Waals surface area contributed by atoms with Crippen LogP contribution in [-0.4, -0.2) is 28.3 Å². The van der Waals surface area contributed by atoms with Crippen LogP contribution in [0.3, 0.4) is 0 Å². The Bertz CT molecular complexity index is 479. The van der Waals surface area contributed by atoms with Gasteiger partial charge in [0.2, 0.25) is 0 Å². The SMILES string of the molecule is CCN(Cc1ccno1)CC(O)c1ccc(C)cc1. The van der Waals surface area contributed by atoms with Crippen LogP contribution in [0, 0.1) is 6.92 Å². The van der Waals surface area contributed by atoms with Gasteiger partial charge in [0, 0.05) is 12.6 Å². The van der Waals surface area contributed by atoms with Gasteiger partial charge in [0.05, 0.1) is 18.8 Å². The van der Waals surface area contributed by atoms with Crippen LogP contribution in [0.25, 0.3) is 0 Å². The molecule has 0 bridgehead atoms. The number of aryl methyl sites for hydroxylation is 1. The number of aromatic nitrogens is 1. The summed E-state index contributed by atoms with van der Waals surface area (Å²) in [5.74, 6) is 0.818. The molecule has 2 aromatic rings. The van der Waals surface area contributed by atoms with Crippen molar-refractivity contribution in [1.82, 2.24) is 10.1 Å². The first-order chi connectivity index (χ1) is 9.19. The molecule has 0 amide bonds. The van der Waals surface area contributed by atoms with Gasteiger partial charge in [0.1, 0.15) is 0 Å². The van der Waals surface area contributed by atoms with E-state index < -0.39 is 6.10 Å². The Morgan fingerprint density at radius 2 is 2.00 bits per heavy atom. The molecule has 2 rings (SSSR count). The maximum absolute atomic E-state index is 10.3. The summed E-state index contributed by atoms with van der Waals surface area (Å²) in [6, 6.07) is 9.84. The zero-order valence-corrected chi connectivity index (χ0v) is 11.4. The maximum Gasteiger partial charge on any atom is 0.150 e. The molecule has 0 aliphatic carbocycles. The van der Waals surface area contributed by atoms with Crippen LogP contribution in [0.1, 0.15) is 29.9 Å². The van der Waals surface area contributed by atoms with Gasteiger partial charge >= 0.3 is 0 Å². The summed E-state index contributed by atoms with van der Waals surface area (Å²) in [6.45, 7) is 6.21. The normalized spacial score (nSPS) is 12.8. The molecule has 1 unspecified atom stereocenters. The van der Waals surface area contributed by atoms with Crippen molar-refractivity contribution in [3.05, 3.63) is 53.4 Å². The fourth-order valence-electron chi connectivity index (χ4n) is 1.99. The Kier molecular flexibility index (Phi) is 4.71. The predicted octanol–water partition coefficient (Wildman–Crippen LogP) is 2.54. The Balaban J connectivity index is 1.95.